The molecule has 138 valence electrons. The molecule has 3 aromatic rings. The lowest BCUT2D eigenvalue weighted by atomic mass is 10.1. The lowest BCUT2D eigenvalue weighted by Crippen LogP contribution is -2.25. The summed E-state index contributed by atoms with van der Waals surface area (Å²) in [5.41, 5.74) is 0.861. The molecule has 7 heteroatoms. The maximum atomic E-state index is 13.9. The monoisotopic (exact) mass is 386 g/mol. The molecule has 0 saturated carbocycles. The number of hydrogen-bond donors (Lipinski definition) is 2. The summed E-state index contributed by atoms with van der Waals surface area (Å²) in [4.78, 5) is 24.7. The number of nitrogens with one attached hydrogen (secondary N) is 2. The van der Waals surface area contributed by atoms with Gasteiger partial charge in [0.25, 0.3) is 5.91 Å². The Kier molecular flexibility index (Phi) is 5.88. The van der Waals surface area contributed by atoms with E-state index < -0.39 is 11.7 Å². The van der Waals surface area contributed by atoms with Crippen LogP contribution in [0, 0.1) is 5.82 Å². The maximum absolute atomic E-state index is 13.9. The van der Waals surface area contributed by atoms with Crippen molar-refractivity contribution < 1.29 is 18.4 Å². The average molecular weight is 387 g/mol. The Hall–Kier alpha value is -3.12. The third-order valence-electron chi connectivity index (χ3n) is 3.82. The first kappa shape index (κ1) is 18.7. The molecule has 0 radical (unpaired) electrons. The first-order valence-electron chi connectivity index (χ1n) is 8.16. The molecular weight excluding hydrogens is 371 g/mol. The molecule has 1 aromatic heterocycles. The van der Waals surface area contributed by atoms with Crippen LogP contribution in [0.25, 0.3) is 0 Å². The summed E-state index contributed by atoms with van der Waals surface area (Å²) in [6.07, 6.45) is 1.34. The molecule has 3 rings (SSSR count). The molecule has 0 spiro atoms. The van der Waals surface area contributed by atoms with Gasteiger partial charge in [0.1, 0.15) is 11.6 Å². The topological polar surface area (TPSA) is 71.3 Å². The van der Waals surface area contributed by atoms with Gasteiger partial charge in [-0.25, -0.2) is 4.39 Å². The van der Waals surface area contributed by atoms with Crippen LogP contribution in [0.1, 0.15) is 21.7 Å². The highest BCUT2D eigenvalue weighted by Crippen LogP contribution is 2.18. The van der Waals surface area contributed by atoms with Gasteiger partial charge >= 0.3 is 0 Å². The quantitative estimate of drug-likeness (QED) is 0.667. The van der Waals surface area contributed by atoms with Crippen molar-refractivity contribution in [3.63, 3.8) is 0 Å². The summed E-state index contributed by atoms with van der Waals surface area (Å²) in [6, 6.07) is 14.2. The van der Waals surface area contributed by atoms with Crippen LogP contribution in [0.5, 0.6) is 0 Å². The highest BCUT2D eigenvalue weighted by atomic mass is 35.5. The molecule has 27 heavy (non-hydrogen) atoms. The van der Waals surface area contributed by atoms with Crippen molar-refractivity contribution in [3.8, 4) is 0 Å². The third-order valence-corrected chi connectivity index (χ3v) is 4.05. The zero-order valence-corrected chi connectivity index (χ0v) is 14.9. The van der Waals surface area contributed by atoms with Gasteiger partial charge in [0.05, 0.1) is 30.5 Å². The van der Waals surface area contributed by atoms with E-state index in [1.807, 2.05) is 0 Å². The van der Waals surface area contributed by atoms with E-state index in [-0.39, 0.29) is 29.5 Å². The summed E-state index contributed by atoms with van der Waals surface area (Å²) in [7, 11) is 0. The maximum Gasteiger partial charge on any atom is 0.253 e. The Labute approximate surface area is 160 Å². The molecule has 0 aliphatic carbocycles. The van der Waals surface area contributed by atoms with Crippen molar-refractivity contribution in [1.29, 1.82) is 0 Å². The summed E-state index contributed by atoms with van der Waals surface area (Å²) in [5, 5.41) is 5.63. The van der Waals surface area contributed by atoms with E-state index in [0.29, 0.717) is 17.0 Å². The zero-order chi connectivity index (χ0) is 19.2. The first-order chi connectivity index (χ1) is 13.0. The van der Waals surface area contributed by atoms with Crippen LogP contribution in [0.2, 0.25) is 5.02 Å². The fraction of sp³-hybridized carbons (Fsp3) is 0.100. The average Bonchev–Trinajstić information content (AvgIpc) is 3.16. The summed E-state index contributed by atoms with van der Waals surface area (Å²) < 4.78 is 19.0. The van der Waals surface area contributed by atoms with Crippen LogP contribution < -0.4 is 10.6 Å². The van der Waals surface area contributed by atoms with Crippen LogP contribution >= 0.6 is 11.6 Å². The highest BCUT2D eigenvalue weighted by molar-refractivity contribution is 6.30. The fourth-order valence-corrected chi connectivity index (χ4v) is 2.66. The Bertz CT molecular complexity index is 958. The van der Waals surface area contributed by atoms with E-state index in [0.717, 1.165) is 6.07 Å². The van der Waals surface area contributed by atoms with Crippen LogP contribution in [0.3, 0.4) is 0 Å². The predicted molar refractivity (Wildman–Crippen MR) is 100 cm³/mol. The summed E-state index contributed by atoms with van der Waals surface area (Å²) in [6.45, 7) is 0.226. The SMILES string of the molecule is O=C(Cc1ccc(Cl)cc1F)Nc1ccccc1C(=O)NCc1ccco1. The van der Waals surface area contributed by atoms with Gasteiger partial charge < -0.3 is 15.1 Å². The lowest BCUT2D eigenvalue weighted by Gasteiger charge is -2.11. The van der Waals surface area contributed by atoms with Gasteiger partial charge in [-0.3, -0.25) is 9.59 Å². The second-order valence-corrected chi connectivity index (χ2v) is 6.20. The van der Waals surface area contributed by atoms with E-state index in [1.54, 1.807) is 36.4 Å². The van der Waals surface area contributed by atoms with E-state index in [4.69, 9.17) is 16.0 Å². The van der Waals surface area contributed by atoms with Crippen LogP contribution in [-0.2, 0) is 17.8 Å². The fourth-order valence-electron chi connectivity index (χ4n) is 2.50. The van der Waals surface area contributed by atoms with Gasteiger partial charge in [0, 0.05) is 5.02 Å². The molecule has 0 fully saturated rings. The van der Waals surface area contributed by atoms with E-state index in [1.165, 1.54) is 18.4 Å². The Morgan fingerprint density at radius 1 is 1.07 bits per heavy atom. The molecule has 0 saturated heterocycles. The number of halogens is 2. The van der Waals surface area contributed by atoms with Gasteiger partial charge in [-0.2, -0.15) is 0 Å². The van der Waals surface area contributed by atoms with Crippen LogP contribution in [0.4, 0.5) is 10.1 Å². The zero-order valence-electron chi connectivity index (χ0n) is 14.2. The van der Waals surface area contributed by atoms with Gasteiger partial charge in [-0.15, -0.1) is 0 Å². The molecule has 2 N–H and O–H groups in total. The molecule has 0 aliphatic rings. The standard InChI is InChI=1S/C20H16ClFN2O3/c21-14-8-7-13(17(22)11-14)10-19(25)24-18-6-2-1-5-16(18)20(26)23-12-15-4-3-9-27-15/h1-9,11H,10,12H2,(H,23,26)(H,24,25). The molecule has 0 aliphatic heterocycles. The number of furan rings is 1. The Morgan fingerprint density at radius 3 is 2.63 bits per heavy atom. The minimum Gasteiger partial charge on any atom is -0.467 e. The molecule has 2 amide bonds. The molecule has 0 atom stereocenters. The van der Waals surface area contributed by atoms with Crippen molar-refractivity contribution in [1.82, 2.24) is 5.32 Å². The van der Waals surface area contributed by atoms with E-state index in [9.17, 15) is 14.0 Å². The molecule has 0 unspecified atom stereocenters. The smallest absolute Gasteiger partial charge is 0.253 e. The van der Waals surface area contributed by atoms with Gasteiger partial charge in [-0.1, -0.05) is 29.8 Å². The van der Waals surface area contributed by atoms with Crippen molar-refractivity contribution in [2.24, 2.45) is 0 Å². The number of benzene rings is 2. The minimum atomic E-state index is -0.554. The highest BCUT2D eigenvalue weighted by Gasteiger charge is 2.15. The van der Waals surface area contributed by atoms with Gasteiger partial charge in [0.2, 0.25) is 5.91 Å². The van der Waals surface area contributed by atoms with E-state index in [2.05, 4.69) is 10.6 Å². The van der Waals surface area contributed by atoms with Crippen molar-refractivity contribution in [2.45, 2.75) is 13.0 Å². The van der Waals surface area contributed by atoms with Crippen molar-refractivity contribution >= 4 is 29.1 Å². The number of rotatable bonds is 6. The second kappa shape index (κ2) is 8.51. The number of para-hydroxylation sites is 1. The minimum absolute atomic E-state index is 0.175. The first-order valence-corrected chi connectivity index (χ1v) is 8.54. The van der Waals surface area contributed by atoms with Gasteiger partial charge in [-0.05, 0) is 42.0 Å². The summed E-state index contributed by atoms with van der Waals surface area (Å²) >= 11 is 5.71. The summed E-state index contributed by atoms with van der Waals surface area (Å²) in [5.74, 6) is -0.743. The molecule has 5 nitrogen and oxygen atoms in total. The lowest BCUT2D eigenvalue weighted by molar-refractivity contribution is -0.115. The number of carbonyl (C=O) groups excluding carboxylic acids is 2. The van der Waals surface area contributed by atoms with Gasteiger partial charge in [0.15, 0.2) is 0 Å². The number of anilines is 1. The third kappa shape index (κ3) is 4.95. The number of carbonyl (C=O) groups is 2. The Morgan fingerprint density at radius 2 is 1.89 bits per heavy atom. The van der Waals surface area contributed by atoms with E-state index >= 15 is 0 Å². The van der Waals surface area contributed by atoms with Crippen molar-refractivity contribution in [3.05, 3.63) is 88.6 Å². The van der Waals surface area contributed by atoms with Crippen molar-refractivity contribution in [2.75, 3.05) is 5.32 Å². The molecule has 1 heterocycles. The largest absolute Gasteiger partial charge is 0.467 e. The number of hydrogen-bond acceptors (Lipinski definition) is 3. The number of amides is 2. The predicted octanol–water partition coefficient (Wildman–Crippen LogP) is 4.18. The molecule has 0 bridgehead atoms. The van der Waals surface area contributed by atoms with Crippen LogP contribution in [0.15, 0.2) is 65.3 Å². The Balaban J connectivity index is 1.67. The normalized spacial score (nSPS) is 10.4. The van der Waals surface area contributed by atoms with Crippen LogP contribution in [-0.4, -0.2) is 11.8 Å². The molecule has 2 aromatic carbocycles. The molecular formula is C20H16ClFN2O3. The second-order valence-electron chi connectivity index (χ2n) is 5.77.